The van der Waals surface area contributed by atoms with Gasteiger partial charge in [-0.05, 0) is 37.0 Å². The number of amides is 1. The highest BCUT2D eigenvalue weighted by Gasteiger charge is 2.21. The fraction of sp³-hybridized carbons (Fsp3) is 0.458. The fourth-order valence-electron chi connectivity index (χ4n) is 3.61. The molecule has 0 radical (unpaired) electrons. The van der Waals surface area contributed by atoms with Gasteiger partial charge in [-0.25, -0.2) is 4.98 Å². The van der Waals surface area contributed by atoms with Crippen molar-refractivity contribution in [2.45, 2.75) is 44.1 Å². The van der Waals surface area contributed by atoms with Crippen LogP contribution in [0.3, 0.4) is 0 Å². The van der Waals surface area contributed by atoms with Gasteiger partial charge in [0.1, 0.15) is 11.8 Å². The maximum atomic E-state index is 12.9. The number of benzene rings is 1. The molecule has 0 bridgehead atoms. The molecular weight excluding hydrogens is 410 g/mol. The lowest BCUT2D eigenvalue weighted by Gasteiger charge is -2.27. The lowest BCUT2D eigenvalue weighted by atomic mass is 9.99. The Labute approximate surface area is 188 Å². The van der Waals surface area contributed by atoms with Crippen molar-refractivity contribution in [1.82, 2.24) is 10.3 Å². The highest BCUT2D eigenvalue weighted by Crippen LogP contribution is 2.26. The van der Waals surface area contributed by atoms with Crippen LogP contribution in [0.25, 0.3) is 0 Å². The normalized spacial score (nSPS) is 19.3. The summed E-state index contributed by atoms with van der Waals surface area (Å²) in [5.74, 6) is -0.400. The van der Waals surface area contributed by atoms with E-state index in [2.05, 4.69) is 10.3 Å². The van der Waals surface area contributed by atoms with E-state index in [1.165, 1.54) is 13.1 Å². The van der Waals surface area contributed by atoms with Gasteiger partial charge in [-0.3, -0.25) is 9.59 Å². The second-order valence-electron chi connectivity index (χ2n) is 7.80. The zero-order chi connectivity index (χ0) is 22.9. The average molecular weight is 442 g/mol. The first-order chi connectivity index (χ1) is 15.5. The predicted molar refractivity (Wildman–Crippen MR) is 119 cm³/mol. The Kier molecular flexibility index (Phi) is 8.87. The lowest BCUT2D eigenvalue weighted by Crippen LogP contribution is -2.41. The predicted octanol–water partition coefficient (Wildman–Crippen LogP) is 2.62. The zero-order valence-electron chi connectivity index (χ0n) is 18.6. The number of nitrogens with zero attached hydrogens (tertiary/aromatic N) is 1. The lowest BCUT2D eigenvalue weighted by molar-refractivity contribution is -0.188. The minimum Gasteiger partial charge on any atom is -0.370 e. The molecule has 1 fully saturated rings. The van der Waals surface area contributed by atoms with Crippen LogP contribution in [0.2, 0.25) is 0 Å². The maximum Gasteiger partial charge on any atom is 0.269 e. The van der Waals surface area contributed by atoms with Crippen LogP contribution >= 0.6 is 0 Å². The molecule has 2 heterocycles. The van der Waals surface area contributed by atoms with E-state index in [0.29, 0.717) is 43.7 Å². The van der Waals surface area contributed by atoms with E-state index in [1.54, 1.807) is 13.2 Å². The van der Waals surface area contributed by atoms with Gasteiger partial charge in [-0.1, -0.05) is 30.3 Å². The fourth-order valence-corrected chi connectivity index (χ4v) is 3.61. The van der Waals surface area contributed by atoms with E-state index in [-0.39, 0.29) is 29.7 Å². The van der Waals surface area contributed by atoms with Gasteiger partial charge >= 0.3 is 0 Å². The van der Waals surface area contributed by atoms with Crippen molar-refractivity contribution >= 4 is 11.7 Å². The molecule has 1 aromatic carbocycles. The first kappa shape index (κ1) is 24.0. The number of nitrogens with one attached hydrogen (secondary N) is 1. The molecule has 0 spiro atoms. The van der Waals surface area contributed by atoms with E-state index in [4.69, 9.17) is 19.9 Å². The Hall–Kier alpha value is -2.65. The molecule has 1 saturated heterocycles. The molecule has 0 aliphatic carbocycles. The number of carbonyl (C=O) groups excluding carboxylic acids is 2. The van der Waals surface area contributed by atoms with Crippen molar-refractivity contribution in [1.29, 1.82) is 0 Å². The second-order valence-corrected chi connectivity index (χ2v) is 7.80. The van der Waals surface area contributed by atoms with Crippen LogP contribution in [0.15, 0.2) is 42.5 Å². The van der Waals surface area contributed by atoms with Crippen LogP contribution in [0.4, 0.5) is 0 Å². The summed E-state index contributed by atoms with van der Waals surface area (Å²) < 4.78 is 16.7. The molecule has 8 nitrogen and oxygen atoms in total. The van der Waals surface area contributed by atoms with Crippen molar-refractivity contribution in [3.8, 4) is 0 Å². The van der Waals surface area contributed by atoms with Gasteiger partial charge in [0.15, 0.2) is 12.1 Å². The van der Waals surface area contributed by atoms with Gasteiger partial charge < -0.3 is 25.3 Å². The number of unbranched alkanes of at least 4 members (excludes halogenated alkanes) is 1. The minimum absolute atomic E-state index is 0.0470. The molecule has 172 valence electrons. The van der Waals surface area contributed by atoms with Crippen molar-refractivity contribution in [3.05, 3.63) is 65.0 Å². The number of ketones is 1. The highest BCUT2D eigenvalue weighted by atomic mass is 16.7. The standard InChI is InChI=1S/C24H31N3O5/c1-26-24(29)20-13-17(12-19(27-20)23(30-2)16-8-4-3-5-9-16)21(28)10-6-7-11-22-31-14-18(25)15-32-22/h3-5,8-9,12-13,18,22-23H,6-7,10-11,14-15,25H2,1-2H3,(H,26,29)/t18?,22?,23-/m1/s1. The third-order valence-corrected chi connectivity index (χ3v) is 5.32. The van der Waals surface area contributed by atoms with Crippen molar-refractivity contribution in [2.75, 3.05) is 27.4 Å². The largest absolute Gasteiger partial charge is 0.370 e. The van der Waals surface area contributed by atoms with Crippen molar-refractivity contribution in [3.63, 3.8) is 0 Å². The van der Waals surface area contributed by atoms with Crippen LogP contribution in [-0.4, -0.2) is 56.4 Å². The number of methoxy groups -OCH3 is 1. The number of hydrogen-bond donors (Lipinski definition) is 2. The van der Waals surface area contributed by atoms with Crippen molar-refractivity contribution < 1.29 is 23.8 Å². The Morgan fingerprint density at radius 3 is 2.56 bits per heavy atom. The summed E-state index contributed by atoms with van der Waals surface area (Å²) in [4.78, 5) is 29.7. The van der Waals surface area contributed by atoms with Crippen LogP contribution in [-0.2, 0) is 14.2 Å². The molecule has 1 aromatic heterocycles. The summed E-state index contributed by atoms with van der Waals surface area (Å²) in [6.45, 7) is 0.988. The summed E-state index contributed by atoms with van der Waals surface area (Å²) in [5.41, 5.74) is 7.78. The molecule has 0 unspecified atom stereocenters. The molecule has 8 heteroatoms. The number of Topliss-reactive ketones (excluding diaryl/α,β-unsaturated/α-hetero) is 1. The summed E-state index contributed by atoms with van der Waals surface area (Å²) >= 11 is 0. The van der Waals surface area contributed by atoms with E-state index in [9.17, 15) is 9.59 Å². The smallest absolute Gasteiger partial charge is 0.269 e. The first-order valence-corrected chi connectivity index (χ1v) is 10.9. The SMILES string of the molecule is CNC(=O)c1cc(C(=O)CCCCC2OCC(N)CO2)cc([C@H](OC)c2ccccc2)n1. The average Bonchev–Trinajstić information content (AvgIpc) is 2.83. The van der Waals surface area contributed by atoms with Crippen LogP contribution in [0, 0.1) is 0 Å². The molecular formula is C24H31N3O5. The Balaban J connectivity index is 1.69. The van der Waals surface area contributed by atoms with Gasteiger partial charge in [0.25, 0.3) is 5.91 Å². The zero-order valence-corrected chi connectivity index (χ0v) is 18.6. The topological polar surface area (TPSA) is 113 Å². The Bertz CT molecular complexity index is 898. The van der Waals surface area contributed by atoms with E-state index >= 15 is 0 Å². The third kappa shape index (κ3) is 6.43. The molecule has 1 aliphatic heterocycles. The van der Waals surface area contributed by atoms with Crippen LogP contribution in [0.1, 0.15) is 63.9 Å². The molecule has 3 rings (SSSR count). The highest BCUT2D eigenvalue weighted by molar-refractivity contribution is 5.99. The molecule has 3 N–H and O–H groups in total. The number of hydrogen-bond acceptors (Lipinski definition) is 7. The van der Waals surface area contributed by atoms with Crippen LogP contribution < -0.4 is 11.1 Å². The molecule has 0 saturated carbocycles. The van der Waals surface area contributed by atoms with E-state index < -0.39 is 6.10 Å². The van der Waals surface area contributed by atoms with Crippen LogP contribution in [0.5, 0.6) is 0 Å². The number of carbonyl (C=O) groups is 2. The number of pyridine rings is 1. The van der Waals surface area contributed by atoms with Gasteiger partial charge in [0, 0.05) is 26.1 Å². The number of ether oxygens (including phenoxy) is 3. The Morgan fingerprint density at radius 2 is 1.91 bits per heavy atom. The summed E-state index contributed by atoms with van der Waals surface area (Å²) in [7, 11) is 3.11. The molecule has 32 heavy (non-hydrogen) atoms. The summed E-state index contributed by atoms with van der Waals surface area (Å²) in [5, 5.41) is 2.57. The Morgan fingerprint density at radius 1 is 1.19 bits per heavy atom. The number of rotatable bonds is 10. The monoisotopic (exact) mass is 441 g/mol. The summed E-state index contributed by atoms with van der Waals surface area (Å²) in [6, 6.07) is 12.7. The van der Waals surface area contributed by atoms with E-state index in [0.717, 1.165) is 12.0 Å². The summed E-state index contributed by atoms with van der Waals surface area (Å²) in [6.07, 6.45) is 1.80. The number of nitrogens with two attached hydrogens (primary N) is 1. The van der Waals surface area contributed by atoms with Gasteiger partial charge in [-0.15, -0.1) is 0 Å². The van der Waals surface area contributed by atoms with Crippen molar-refractivity contribution in [2.24, 2.45) is 5.73 Å². The van der Waals surface area contributed by atoms with Gasteiger partial charge in [-0.2, -0.15) is 0 Å². The second kappa shape index (κ2) is 11.8. The molecule has 1 aliphatic rings. The van der Waals surface area contributed by atoms with Gasteiger partial charge in [0.2, 0.25) is 0 Å². The number of aromatic nitrogens is 1. The minimum atomic E-state index is -0.487. The molecule has 1 amide bonds. The molecule has 2 aromatic rings. The maximum absolute atomic E-state index is 12.9. The molecule has 1 atom stereocenters. The first-order valence-electron chi connectivity index (χ1n) is 10.9. The van der Waals surface area contributed by atoms with E-state index in [1.807, 2.05) is 30.3 Å². The quantitative estimate of drug-likeness (QED) is 0.430. The van der Waals surface area contributed by atoms with Gasteiger partial charge in [0.05, 0.1) is 24.9 Å². The third-order valence-electron chi connectivity index (χ3n) is 5.32.